The maximum atomic E-state index is 5.43. The molecule has 0 fully saturated rings. The number of aromatic nitrogens is 4. The number of hydrogen-bond donors (Lipinski definition) is 3. The van der Waals surface area contributed by atoms with Gasteiger partial charge in [-0.2, -0.15) is 10.1 Å². The molecule has 0 atom stereocenters. The lowest BCUT2D eigenvalue weighted by Gasteiger charge is -2.05. The van der Waals surface area contributed by atoms with E-state index in [1.165, 1.54) is 4.88 Å². The highest BCUT2D eigenvalue weighted by molar-refractivity contribution is 7.18. The molecular formula is C12H15N7S. The number of hydrazine groups is 1. The van der Waals surface area contributed by atoms with E-state index in [4.69, 9.17) is 5.84 Å². The average Bonchev–Trinajstić information content (AvgIpc) is 3.04. The molecule has 3 aromatic rings. The van der Waals surface area contributed by atoms with Gasteiger partial charge in [0.2, 0.25) is 5.95 Å². The van der Waals surface area contributed by atoms with E-state index in [0.717, 1.165) is 22.5 Å². The Morgan fingerprint density at radius 3 is 2.90 bits per heavy atom. The van der Waals surface area contributed by atoms with E-state index in [1.54, 1.807) is 16.0 Å². The third-order valence-electron chi connectivity index (χ3n) is 2.88. The molecule has 20 heavy (non-hydrogen) atoms. The number of hydrogen-bond acceptors (Lipinski definition) is 7. The van der Waals surface area contributed by atoms with Crippen LogP contribution in [0.4, 0.5) is 17.6 Å². The van der Waals surface area contributed by atoms with Crippen molar-refractivity contribution < 1.29 is 0 Å². The molecule has 0 saturated heterocycles. The van der Waals surface area contributed by atoms with Gasteiger partial charge in [-0.25, -0.2) is 10.8 Å². The first-order valence-corrected chi connectivity index (χ1v) is 7.05. The van der Waals surface area contributed by atoms with Crippen LogP contribution < -0.4 is 16.6 Å². The molecule has 8 heteroatoms. The maximum Gasteiger partial charge on any atom is 0.240 e. The number of anilines is 3. The highest BCUT2D eigenvalue weighted by Crippen LogP contribution is 2.31. The Labute approximate surface area is 119 Å². The predicted molar refractivity (Wildman–Crippen MR) is 81.1 cm³/mol. The van der Waals surface area contributed by atoms with Gasteiger partial charge in [0.25, 0.3) is 0 Å². The van der Waals surface area contributed by atoms with Crippen LogP contribution in [0.15, 0.2) is 18.3 Å². The summed E-state index contributed by atoms with van der Waals surface area (Å²) in [5.74, 6) is 7.26. The Kier molecular flexibility index (Phi) is 3.25. The number of nitrogens with one attached hydrogen (secondary N) is 2. The third kappa shape index (κ3) is 2.30. The van der Waals surface area contributed by atoms with Crippen molar-refractivity contribution in [1.29, 1.82) is 0 Å². The molecule has 104 valence electrons. The van der Waals surface area contributed by atoms with Crippen LogP contribution in [0.3, 0.4) is 0 Å². The summed E-state index contributed by atoms with van der Waals surface area (Å²) in [7, 11) is 1.87. The molecule has 0 aliphatic heterocycles. The van der Waals surface area contributed by atoms with Crippen molar-refractivity contribution in [3.8, 4) is 0 Å². The molecule has 0 aliphatic carbocycles. The zero-order valence-corrected chi connectivity index (χ0v) is 12.0. The minimum atomic E-state index is 0.389. The standard InChI is InChI=1S/C12H15N7S/c1-3-7-6-8-10(14-9-4-5-19(2)18-9)15-12(17-13)16-11(8)20-7/h4-6H,3,13H2,1-2H3,(H2,14,15,16,17,18). The molecule has 0 aromatic carbocycles. The van der Waals surface area contributed by atoms with Crippen molar-refractivity contribution in [3.63, 3.8) is 0 Å². The predicted octanol–water partition coefficient (Wildman–Crippen LogP) is 2.02. The van der Waals surface area contributed by atoms with Gasteiger partial charge in [0.05, 0.1) is 5.39 Å². The van der Waals surface area contributed by atoms with Crippen LogP contribution in [0, 0.1) is 0 Å². The SMILES string of the molecule is CCc1cc2c(Nc3ccn(C)n3)nc(NN)nc2s1. The zero-order chi connectivity index (χ0) is 14.1. The van der Waals surface area contributed by atoms with Crippen LogP contribution in [0.25, 0.3) is 10.2 Å². The largest absolute Gasteiger partial charge is 0.323 e. The number of nitrogens with two attached hydrogens (primary N) is 1. The normalized spacial score (nSPS) is 10.9. The van der Waals surface area contributed by atoms with Crippen LogP contribution in [-0.4, -0.2) is 19.7 Å². The Balaban J connectivity index is 2.09. The molecule has 0 saturated carbocycles. The lowest BCUT2D eigenvalue weighted by molar-refractivity contribution is 0.771. The van der Waals surface area contributed by atoms with Crippen LogP contribution in [0.5, 0.6) is 0 Å². The number of nitrogens with zero attached hydrogens (tertiary/aromatic N) is 4. The number of thiophene rings is 1. The molecule has 0 bridgehead atoms. The molecule has 3 aromatic heterocycles. The van der Waals surface area contributed by atoms with E-state index in [1.807, 2.05) is 19.3 Å². The summed E-state index contributed by atoms with van der Waals surface area (Å²) in [6.07, 6.45) is 2.84. The Hall–Kier alpha value is -2.19. The summed E-state index contributed by atoms with van der Waals surface area (Å²) in [6, 6.07) is 3.99. The Morgan fingerprint density at radius 2 is 2.25 bits per heavy atom. The fourth-order valence-electron chi connectivity index (χ4n) is 1.91. The van der Waals surface area contributed by atoms with Crippen LogP contribution in [0.1, 0.15) is 11.8 Å². The van der Waals surface area contributed by atoms with Gasteiger partial charge in [-0.05, 0) is 12.5 Å². The molecule has 0 radical (unpaired) electrons. The van der Waals surface area contributed by atoms with Gasteiger partial charge >= 0.3 is 0 Å². The van der Waals surface area contributed by atoms with E-state index in [2.05, 4.69) is 38.8 Å². The van der Waals surface area contributed by atoms with Gasteiger partial charge < -0.3 is 5.32 Å². The van der Waals surface area contributed by atoms with Crippen molar-refractivity contribution in [2.24, 2.45) is 12.9 Å². The number of nitrogen functional groups attached to an aromatic ring is 1. The fourth-order valence-corrected chi connectivity index (χ4v) is 2.88. The summed E-state index contributed by atoms with van der Waals surface area (Å²) in [4.78, 5) is 10.9. The average molecular weight is 289 g/mol. The van der Waals surface area contributed by atoms with Gasteiger partial charge in [-0.15, -0.1) is 11.3 Å². The molecule has 0 aliphatic rings. The lowest BCUT2D eigenvalue weighted by atomic mass is 10.3. The second-order valence-corrected chi connectivity index (χ2v) is 5.44. The molecular weight excluding hydrogens is 274 g/mol. The van der Waals surface area contributed by atoms with Crippen molar-refractivity contribution >= 4 is 39.1 Å². The Bertz CT molecular complexity index is 745. The Morgan fingerprint density at radius 1 is 1.40 bits per heavy atom. The highest BCUT2D eigenvalue weighted by atomic mass is 32.1. The number of rotatable bonds is 4. The smallest absolute Gasteiger partial charge is 0.240 e. The summed E-state index contributed by atoms with van der Waals surface area (Å²) < 4.78 is 1.73. The molecule has 4 N–H and O–H groups in total. The van der Waals surface area contributed by atoms with Gasteiger partial charge in [-0.1, -0.05) is 6.92 Å². The summed E-state index contributed by atoms with van der Waals surface area (Å²) in [5.41, 5.74) is 2.50. The molecule has 7 nitrogen and oxygen atoms in total. The van der Waals surface area contributed by atoms with Crippen molar-refractivity contribution in [1.82, 2.24) is 19.7 Å². The number of fused-ring (bicyclic) bond motifs is 1. The topological polar surface area (TPSA) is 93.7 Å². The fraction of sp³-hybridized carbons (Fsp3) is 0.250. The van der Waals surface area contributed by atoms with Gasteiger partial charge in [0.15, 0.2) is 5.82 Å². The summed E-state index contributed by atoms with van der Waals surface area (Å²) in [6.45, 7) is 2.12. The molecule has 3 heterocycles. The van der Waals surface area contributed by atoms with E-state index >= 15 is 0 Å². The minimum Gasteiger partial charge on any atom is -0.323 e. The lowest BCUT2D eigenvalue weighted by Crippen LogP contribution is -2.11. The maximum absolute atomic E-state index is 5.43. The minimum absolute atomic E-state index is 0.389. The van der Waals surface area contributed by atoms with E-state index in [-0.39, 0.29) is 0 Å². The molecule has 0 spiro atoms. The van der Waals surface area contributed by atoms with Crippen LogP contribution in [-0.2, 0) is 13.5 Å². The molecule has 0 unspecified atom stereocenters. The van der Waals surface area contributed by atoms with Gasteiger partial charge in [0, 0.05) is 24.2 Å². The van der Waals surface area contributed by atoms with Gasteiger partial charge in [0.1, 0.15) is 10.6 Å². The second kappa shape index (κ2) is 5.06. The zero-order valence-electron chi connectivity index (χ0n) is 11.2. The van der Waals surface area contributed by atoms with E-state index in [0.29, 0.717) is 11.8 Å². The monoisotopic (exact) mass is 289 g/mol. The quantitative estimate of drug-likeness (QED) is 0.502. The first-order valence-electron chi connectivity index (χ1n) is 6.23. The number of aryl methyl sites for hydroxylation is 2. The highest BCUT2D eigenvalue weighted by Gasteiger charge is 2.12. The van der Waals surface area contributed by atoms with Crippen molar-refractivity contribution in [3.05, 3.63) is 23.2 Å². The van der Waals surface area contributed by atoms with Crippen molar-refractivity contribution in [2.75, 3.05) is 10.7 Å². The van der Waals surface area contributed by atoms with Crippen LogP contribution in [0.2, 0.25) is 0 Å². The van der Waals surface area contributed by atoms with Crippen molar-refractivity contribution in [2.45, 2.75) is 13.3 Å². The molecule has 0 amide bonds. The first kappa shape index (κ1) is 12.8. The van der Waals surface area contributed by atoms with Crippen LogP contribution >= 0.6 is 11.3 Å². The third-order valence-corrected chi connectivity index (χ3v) is 4.05. The first-order chi connectivity index (χ1) is 9.69. The second-order valence-electron chi connectivity index (χ2n) is 4.32. The summed E-state index contributed by atoms with van der Waals surface area (Å²) >= 11 is 1.64. The summed E-state index contributed by atoms with van der Waals surface area (Å²) in [5, 5.41) is 8.48. The van der Waals surface area contributed by atoms with E-state index < -0.39 is 0 Å². The molecule has 3 rings (SSSR count). The van der Waals surface area contributed by atoms with Gasteiger partial charge in [-0.3, -0.25) is 10.1 Å². The van der Waals surface area contributed by atoms with E-state index in [9.17, 15) is 0 Å².